The summed E-state index contributed by atoms with van der Waals surface area (Å²) >= 11 is 0. The van der Waals surface area contributed by atoms with Crippen LogP contribution in [0.25, 0.3) is 0 Å². The highest BCUT2D eigenvalue weighted by molar-refractivity contribution is 7.46. The number of aliphatic hydroxyl groups excluding tert-OH is 2. The summed E-state index contributed by atoms with van der Waals surface area (Å²) < 4.78 is 19.6. The molecule has 1 heterocycles. The van der Waals surface area contributed by atoms with E-state index < -0.39 is 32.4 Å². The standard InChI is InChI=1S/C7H13O7P/c1-3-5(8)4(2)13-7(6(3)9)14-15(10,11)12/h4-9H,1H2,2H3,(H2,10,11,12)/t4-,5+,6-,7-/m1/s1. The van der Waals surface area contributed by atoms with Gasteiger partial charge in [-0.05, 0) is 12.5 Å². The molecular formula is C7H13O7P. The van der Waals surface area contributed by atoms with Crippen LogP contribution in [0.1, 0.15) is 6.92 Å². The van der Waals surface area contributed by atoms with E-state index in [4.69, 9.17) is 14.5 Å². The van der Waals surface area contributed by atoms with Crippen molar-refractivity contribution < 1.29 is 33.8 Å². The first-order valence-electron chi connectivity index (χ1n) is 4.16. The molecule has 4 atom stereocenters. The maximum absolute atomic E-state index is 10.5. The molecule has 0 aromatic rings. The van der Waals surface area contributed by atoms with Crippen LogP contribution < -0.4 is 0 Å². The van der Waals surface area contributed by atoms with Crippen LogP contribution >= 0.6 is 7.82 Å². The van der Waals surface area contributed by atoms with Gasteiger partial charge in [0.1, 0.15) is 12.2 Å². The lowest BCUT2D eigenvalue weighted by Gasteiger charge is -2.36. The molecule has 0 radical (unpaired) electrons. The summed E-state index contributed by atoms with van der Waals surface area (Å²) in [7, 11) is -4.75. The van der Waals surface area contributed by atoms with E-state index in [1.54, 1.807) is 0 Å². The quantitative estimate of drug-likeness (QED) is 0.365. The predicted molar refractivity (Wildman–Crippen MR) is 48.6 cm³/mol. The average molecular weight is 240 g/mol. The molecule has 1 saturated heterocycles. The van der Waals surface area contributed by atoms with Crippen molar-refractivity contribution in [1.29, 1.82) is 0 Å². The minimum Gasteiger partial charge on any atom is -0.386 e. The van der Waals surface area contributed by atoms with Crippen molar-refractivity contribution in [2.75, 3.05) is 0 Å². The number of phosphoric acid groups is 1. The van der Waals surface area contributed by atoms with Gasteiger partial charge in [0.05, 0.1) is 6.10 Å². The monoisotopic (exact) mass is 240 g/mol. The minimum atomic E-state index is -4.75. The minimum absolute atomic E-state index is 0.00667. The molecule has 1 fully saturated rings. The van der Waals surface area contributed by atoms with E-state index in [-0.39, 0.29) is 5.57 Å². The smallest absolute Gasteiger partial charge is 0.386 e. The molecule has 15 heavy (non-hydrogen) atoms. The van der Waals surface area contributed by atoms with E-state index in [1.807, 2.05) is 0 Å². The molecular weight excluding hydrogens is 227 g/mol. The van der Waals surface area contributed by atoms with Crippen LogP contribution in [0.4, 0.5) is 0 Å². The van der Waals surface area contributed by atoms with Crippen molar-refractivity contribution in [1.82, 2.24) is 0 Å². The van der Waals surface area contributed by atoms with E-state index >= 15 is 0 Å². The van der Waals surface area contributed by atoms with Crippen molar-refractivity contribution in [3.63, 3.8) is 0 Å². The summed E-state index contributed by atoms with van der Waals surface area (Å²) in [4.78, 5) is 17.1. The maximum Gasteiger partial charge on any atom is 0.472 e. The Morgan fingerprint density at radius 2 is 1.93 bits per heavy atom. The van der Waals surface area contributed by atoms with Gasteiger partial charge in [-0.2, -0.15) is 0 Å². The Labute approximate surface area is 86.2 Å². The number of hydrogen-bond acceptors (Lipinski definition) is 5. The van der Waals surface area contributed by atoms with Crippen LogP contribution in [-0.4, -0.2) is 44.6 Å². The van der Waals surface area contributed by atoms with Crippen molar-refractivity contribution in [3.05, 3.63) is 12.2 Å². The fraction of sp³-hybridized carbons (Fsp3) is 0.714. The number of phosphoric ester groups is 1. The Bertz CT molecular complexity index is 298. The van der Waals surface area contributed by atoms with Gasteiger partial charge in [0.2, 0.25) is 0 Å². The zero-order valence-corrected chi connectivity index (χ0v) is 8.87. The van der Waals surface area contributed by atoms with Crippen LogP contribution in [0.15, 0.2) is 12.2 Å². The largest absolute Gasteiger partial charge is 0.472 e. The Hall–Kier alpha value is -0.270. The fourth-order valence-corrected chi connectivity index (χ4v) is 1.67. The Morgan fingerprint density at radius 1 is 1.40 bits per heavy atom. The predicted octanol–water partition coefficient (Wildman–Crippen LogP) is -0.882. The van der Waals surface area contributed by atoms with E-state index in [0.29, 0.717) is 0 Å². The molecule has 0 amide bonds. The Morgan fingerprint density at radius 3 is 2.40 bits per heavy atom. The van der Waals surface area contributed by atoms with E-state index in [1.165, 1.54) is 6.92 Å². The SMILES string of the molecule is C=C1[C@@H](O)[C@@H](OP(=O)(O)O)O[C@H](C)[C@H]1O. The topological polar surface area (TPSA) is 116 Å². The second-order valence-electron chi connectivity index (χ2n) is 3.27. The average Bonchev–Trinajstić information content (AvgIpc) is 2.08. The highest BCUT2D eigenvalue weighted by atomic mass is 31.2. The summed E-state index contributed by atoms with van der Waals surface area (Å²) in [6, 6.07) is 0. The maximum atomic E-state index is 10.5. The first-order valence-corrected chi connectivity index (χ1v) is 5.69. The summed E-state index contributed by atoms with van der Waals surface area (Å²) in [6.07, 6.45) is -4.82. The number of ether oxygens (including phenoxy) is 1. The molecule has 0 saturated carbocycles. The molecule has 1 aliphatic rings. The number of rotatable bonds is 2. The van der Waals surface area contributed by atoms with Gasteiger partial charge in [0.25, 0.3) is 0 Å². The zero-order chi connectivity index (χ0) is 11.8. The summed E-state index contributed by atoms with van der Waals surface area (Å²) in [6.45, 7) is 4.86. The third kappa shape index (κ3) is 3.09. The summed E-state index contributed by atoms with van der Waals surface area (Å²) in [5, 5.41) is 18.8. The van der Waals surface area contributed by atoms with Crippen LogP contribution in [-0.2, 0) is 13.8 Å². The van der Waals surface area contributed by atoms with Crippen molar-refractivity contribution in [2.24, 2.45) is 0 Å². The van der Waals surface area contributed by atoms with E-state index in [2.05, 4.69) is 11.1 Å². The van der Waals surface area contributed by atoms with Crippen LogP contribution in [0.5, 0.6) is 0 Å². The zero-order valence-electron chi connectivity index (χ0n) is 7.98. The van der Waals surface area contributed by atoms with Gasteiger partial charge >= 0.3 is 7.82 Å². The molecule has 8 heteroatoms. The molecule has 88 valence electrons. The van der Waals surface area contributed by atoms with E-state index in [9.17, 15) is 14.8 Å². The van der Waals surface area contributed by atoms with Gasteiger partial charge in [-0.3, -0.25) is 4.52 Å². The van der Waals surface area contributed by atoms with Crippen molar-refractivity contribution in [2.45, 2.75) is 31.5 Å². The van der Waals surface area contributed by atoms with Gasteiger partial charge in [-0.15, -0.1) is 0 Å². The molecule has 0 aromatic heterocycles. The first kappa shape index (κ1) is 12.8. The lowest BCUT2D eigenvalue weighted by Crippen LogP contribution is -2.48. The fourth-order valence-electron chi connectivity index (χ4n) is 1.23. The molecule has 0 aliphatic carbocycles. The third-order valence-electron chi connectivity index (χ3n) is 2.05. The molecule has 0 bridgehead atoms. The van der Waals surface area contributed by atoms with Gasteiger partial charge < -0.3 is 24.7 Å². The van der Waals surface area contributed by atoms with Gasteiger partial charge in [0.15, 0.2) is 6.29 Å². The van der Waals surface area contributed by atoms with Crippen molar-refractivity contribution >= 4 is 7.82 Å². The normalized spacial score (nSPS) is 38.1. The summed E-state index contributed by atoms with van der Waals surface area (Å²) in [5.41, 5.74) is 0.00667. The van der Waals surface area contributed by atoms with Gasteiger partial charge in [-0.25, -0.2) is 4.57 Å². The number of hydrogen-bond donors (Lipinski definition) is 4. The molecule has 4 N–H and O–H groups in total. The van der Waals surface area contributed by atoms with Crippen molar-refractivity contribution in [3.8, 4) is 0 Å². The van der Waals surface area contributed by atoms with Gasteiger partial charge in [0, 0.05) is 0 Å². The van der Waals surface area contributed by atoms with Crippen LogP contribution in [0.2, 0.25) is 0 Å². The molecule has 1 rings (SSSR count). The molecule has 0 unspecified atom stereocenters. The Kier molecular flexibility index (Phi) is 3.67. The molecule has 0 aromatic carbocycles. The summed E-state index contributed by atoms with van der Waals surface area (Å²) in [5.74, 6) is 0. The lowest BCUT2D eigenvalue weighted by atomic mass is 9.98. The second-order valence-corrected chi connectivity index (χ2v) is 4.46. The van der Waals surface area contributed by atoms with Crippen LogP contribution in [0, 0.1) is 0 Å². The molecule has 1 aliphatic heterocycles. The number of aliphatic hydroxyl groups is 2. The second kappa shape index (κ2) is 4.31. The third-order valence-corrected chi connectivity index (χ3v) is 2.53. The molecule has 0 spiro atoms. The highest BCUT2D eigenvalue weighted by Gasteiger charge is 2.40. The highest BCUT2D eigenvalue weighted by Crippen LogP contribution is 2.41. The van der Waals surface area contributed by atoms with E-state index in [0.717, 1.165) is 0 Å². The lowest BCUT2D eigenvalue weighted by molar-refractivity contribution is -0.209. The van der Waals surface area contributed by atoms with Gasteiger partial charge in [-0.1, -0.05) is 6.58 Å². The molecule has 7 nitrogen and oxygen atoms in total. The van der Waals surface area contributed by atoms with Crippen LogP contribution in [0.3, 0.4) is 0 Å². The Balaban J connectivity index is 2.75. The first-order chi connectivity index (χ1) is 6.72.